The number of rotatable bonds is 14. The molecule has 7 heteroatoms. The number of esters is 1. The molecule has 0 aromatic rings. The molecule has 0 aliphatic heterocycles. The monoisotopic (exact) mass is 302 g/mol. The lowest BCUT2D eigenvalue weighted by Gasteiger charge is -2.29. The van der Waals surface area contributed by atoms with Crippen molar-refractivity contribution in [3.63, 3.8) is 0 Å². The van der Waals surface area contributed by atoms with Gasteiger partial charge >= 0.3 is 5.97 Å². The third-order valence-electron chi connectivity index (χ3n) is 2.29. The van der Waals surface area contributed by atoms with Crippen LogP contribution in [-0.4, -0.2) is 50.7 Å². The summed E-state index contributed by atoms with van der Waals surface area (Å²) in [4.78, 5) is 30.6. The Hall–Kier alpha value is -1.51. The van der Waals surface area contributed by atoms with Crippen LogP contribution in [0.2, 0.25) is 0 Å². The van der Waals surface area contributed by atoms with Crippen molar-refractivity contribution in [1.29, 1.82) is 0 Å². The standard InChI is InChI=1S/C14H22O7/c1-4-7-18-20-11-14(9-15,10-17-13(16)6-3)12-21-19-8-5-2/h4-6,15H,1-3,7-12H2. The molecule has 0 aromatic heterocycles. The molecule has 0 aliphatic rings. The van der Waals surface area contributed by atoms with Crippen molar-refractivity contribution < 1.29 is 34.2 Å². The van der Waals surface area contributed by atoms with Crippen molar-refractivity contribution in [2.45, 2.75) is 0 Å². The molecule has 0 saturated heterocycles. The smallest absolute Gasteiger partial charge is 0.330 e. The maximum atomic E-state index is 11.1. The number of carbonyl (C=O) groups is 1. The van der Waals surface area contributed by atoms with Gasteiger partial charge in [0.25, 0.3) is 0 Å². The summed E-state index contributed by atoms with van der Waals surface area (Å²) < 4.78 is 4.93. The van der Waals surface area contributed by atoms with E-state index in [1.807, 2.05) is 0 Å². The van der Waals surface area contributed by atoms with Crippen LogP contribution in [0.15, 0.2) is 38.0 Å². The van der Waals surface area contributed by atoms with Gasteiger partial charge in [-0.15, -0.1) is 13.2 Å². The SMILES string of the molecule is C=CCOOCC(CO)(COOCC=C)COC(=O)C=C. The zero-order valence-electron chi connectivity index (χ0n) is 12.0. The zero-order chi connectivity index (χ0) is 16.0. The molecule has 0 aliphatic carbocycles. The number of ether oxygens (including phenoxy) is 1. The van der Waals surface area contributed by atoms with Gasteiger partial charge in [-0.1, -0.05) is 18.7 Å². The highest BCUT2D eigenvalue weighted by Crippen LogP contribution is 2.19. The Bertz CT molecular complexity index is 311. The third kappa shape index (κ3) is 9.11. The highest BCUT2D eigenvalue weighted by atomic mass is 17.2. The second kappa shape index (κ2) is 12.2. The lowest BCUT2D eigenvalue weighted by Crippen LogP contribution is -2.41. The van der Waals surface area contributed by atoms with E-state index in [1.165, 1.54) is 12.2 Å². The Morgan fingerprint density at radius 2 is 1.48 bits per heavy atom. The number of aliphatic hydroxyl groups excluding tert-OH is 1. The molecule has 0 radical (unpaired) electrons. The van der Waals surface area contributed by atoms with Crippen LogP contribution < -0.4 is 0 Å². The molecule has 0 bridgehead atoms. The van der Waals surface area contributed by atoms with Gasteiger partial charge in [0.1, 0.15) is 19.8 Å². The average molecular weight is 302 g/mol. The van der Waals surface area contributed by atoms with Crippen molar-refractivity contribution in [2.24, 2.45) is 5.41 Å². The fourth-order valence-corrected chi connectivity index (χ4v) is 1.07. The van der Waals surface area contributed by atoms with E-state index >= 15 is 0 Å². The lowest BCUT2D eigenvalue weighted by molar-refractivity contribution is -0.340. The number of aliphatic hydroxyl groups is 1. The Morgan fingerprint density at radius 3 is 1.86 bits per heavy atom. The Labute approximate surface area is 124 Å². The fourth-order valence-electron chi connectivity index (χ4n) is 1.07. The highest BCUT2D eigenvalue weighted by molar-refractivity contribution is 5.81. The predicted molar refractivity (Wildman–Crippen MR) is 74.9 cm³/mol. The zero-order valence-corrected chi connectivity index (χ0v) is 12.0. The maximum Gasteiger partial charge on any atom is 0.330 e. The van der Waals surface area contributed by atoms with E-state index in [4.69, 9.17) is 24.3 Å². The molecule has 120 valence electrons. The van der Waals surface area contributed by atoms with Crippen LogP contribution in [0.25, 0.3) is 0 Å². The van der Waals surface area contributed by atoms with Crippen molar-refractivity contribution in [3.05, 3.63) is 38.0 Å². The fraction of sp³-hybridized carbons (Fsp3) is 0.500. The molecule has 1 N–H and O–H groups in total. The van der Waals surface area contributed by atoms with Gasteiger partial charge in [-0.3, -0.25) is 0 Å². The Balaban J connectivity index is 4.48. The topological polar surface area (TPSA) is 83.5 Å². The van der Waals surface area contributed by atoms with Crippen LogP contribution in [-0.2, 0) is 29.1 Å². The molecule has 0 rings (SSSR count). The van der Waals surface area contributed by atoms with Crippen LogP contribution in [0, 0.1) is 5.41 Å². The van der Waals surface area contributed by atoms with Gasteiger partial charge in [0.2, 0.25) is 0 Å². The summed E-state index contributed by atoms with van der Waals surface area (Å²) in [6.45, 7) is 9.93. The van der Waals surface area contributed by atoms with E-state index in [0.29, 0.717) is 0 Å². The quantitative estimate of drug-likeness (QED) is 0.128. The molecule has 0 amide bonds. The first-order valence-corrected chi connectivity index (χ1v) is 6.25. The number of hydrogen-bond donors (Lipinski definition) is 1. The molecule has 0 aromatic carbocycles. The van der Waals surface area contributed by atoms with Crippen LogP contribution in [0.5, 0.6) is 0 Å². The second-order valence-corrected chi connectivity index (χ2v) is 4.14. The molecule has 0 atom stereocenters. The summed E-state index contributed by atoms with van der Waals surface area (Å²) in [6.07, 6.45) is 4.02. The van der Waals surface area contributed by atoms with Crippen LogP contribution in [0.3, 0.4) is 0 Å². The lowest BCUT2D eigenvalue weighted by atomic mass is 9.92. The van der Waals surface area contributed by atoms with E-state index in [0.717, 1.165) is 6.08 Å². The molecule has 7 nitrogen and oxygen atoms in total. The number of carbonyl (C=O) groups excluding carboxylic acids is 1. The normalized spacial score (nSPS) is 10.9. The average Bonchev–Trinajstić information content (AvgIpc) is 2.52. The van der Waals surface area contributed by atoms with E-state index in [9.17, 15) is 9.90 Å². The van der Waals surface area contributed by atoms with Gasteiger partial charge in [-0.05, 0) is 0 Å². The van der Waals surface area contributed by atoms with Crippen molar-refractivity contribution >= 4 is 5.97 Å². The summed E-state index contributed by atoms with van der Waals surface area (Å²) in [5.74, 6) is -0.619. The van der Waals surface area contributed by atoms with Crippen molar-refractivity contribution in [1.82, 2.24) is 0 Å². The predicted octanol–water partition coefficient (Wildman–Crippen LogP) is 0.963. The van der Waals surface area contributed by atoms with E-state index in [1.54, 1.807) is 0 Å². The third-order valence-corrected chi connectivity index (χ3v) is 2.29. The van der Waals surface area contributed by atoms with E-state index in [2.05, 4.69) is 19.7 Å². The molecular weight excluding hydrogens is 280 g/mol. The van der Waals surface area contributed by atoms with Gasteiger partial charge in [0.05, 0.1) is 25.2 Å². The first-order chi connectivity index (χ1) is 10.1. The molecule has 0 heterocycles. The first kappa shape index (κ1) is 19.5. The van der Waals surface area contributed by atoms with E-state index in [-0.39, 0.29) is 39.6 Å². The summed E-state index contributed by atoms with van der Waals surface area (Å²) >= 11 is 0. The minimum Gasteiger partial charge on any atom is -0.462 e. The first-order valence-electron chi connectivity index (χ1n) is 6.25. The van der Waals surface area contributed by atoms with E-state index < -0.39 is 11.4 Å². The summed E-state index contributed by atoms with van der Waals surface area (Å²) in [5, 5.41) is 9.55. The molecule has 0 unspecified atom stereocenters. The summed E-state index contributed by atoms with van der Waals surface area (Å²) in [7, 11) is 0. The molecule has 0 spiro atoms. The Kier molecular flexibility index (Phi) is 11.4. The molecule has 0 fully saturated rings. The van der Waals surface area contributed by atoms with Gasteiger partial charge in [-0.25, -0.2) is 24.3 Å². The van der Waals surface area contributed by atoms with Crippen LogP contribution in [0.1, 0.15) is 0 Å². The summed E-state index contributed by atoms with van der Waals surface area (Å²) in [5.41, 5.74) is -1.03. The van der Waals surface area contributed by atoms with Gasteiger partial charge in [-0.2, -0.15) is 0 Å². The minimum atomic E-state index is -1.03. The maximum absolute atomic E-state index is 11.1. The molecular formula is C14H22O7. The highest BCUT2D eigenvalue weighted by Gasteiger charge is 2.33. The summed E-state index contributed by atoms with van der Waals surface area (Å²) in [6, 6.07) is 0. The molecule has 21 heavy (non-hydrogen) atoms. The Morgan fingerprint density at radius 1 is 0.952 bits per heavy atom. The van der Waals surface area contributed by atoms with Gasteiger partial charge in [0.15, 0.2) is 0 Å². The second-order valence-electron chi connectivity index (χ2n) is 4.14. The minimum absolute atomic E-state index is 0.0702. The number of hydrogen-bond acceptors (Lipinski definition) is 7. The van der Waals surface area contributed by atoms with Crippen LogP contribution in [0.4, 0.5) is 0 Å². The molecule has 0 saturated carbocycles. The van der Waals surface area contributed by atoms with Gasteiger partial charge in [0, 0.05) is 6.08 Å². The van der Waals surface area contributed by atoms with Gasteiger partial charge < -0.3 is 9.84 Å². The van der Waals surface area contributed by atoms with Crippen molar-refractivity contribution in [3.8, 4) is 0 Å². The van der Waals surface area contributed by atoms with Crippen LogP contribution >= 0.6 is 0 Å². The largest absolute Gasteiger partial charge is 0.462 e. The van der Waals surface area contributed by atoms with Crippen molar-refractivity contribution in [2.75, 3.05) is 39.6 Å².